The van der Waals surface area contributed by atoms with Crippen LogP contribution in [0.15, 0.2) is 30.3 Å². The minimum Gasteiger partial charge on any atom is -0.315 e. The van der Waals surface area contributed by atoms with E-state index in [1.165, 1.54) is 11.3 Å². The lowest BCUT2D eigenvalue weighted by molar-refractivity contribution is -0.124. The fraction of sp³-hybridized carbons (Fsp3) is 0.474. The van der Waals surface area contributed by atoms with Crippen LogP contribution in [0.1, 0.15) is 31.1 Å². The number of rotatable bonds is 4. The van der Waals surface area contributed by atoms with Gasteiger partial charge in [-0.2, -0.15) is 0 Å². The Labute approximate surface area is 146 Å². The number of amides is 1. The minimum absolute atomic E-state index is 0.132. The molecule has 4 rings (SSSR count). The Balaban J connectivity index is 1.55. The number of nitrogens with zero attached hydrogens (tertiary/aromatic N) is 1. The predicted octanol–water partition coefficient (Wildman–Crippen LogP) is 3.70. The molecule has 2 aliphatic rings. The Bertz CT molecular complexity index is 736. The maximum Gasteiger partial charge on any atom is 0.229 e. The third-order valence-electron chi connectivity index (χ3n) is 5.47. The molecule has 2 heterocycles. The first-order valence-electron chi connectivity index (χ1n) is 8.78. The van der Waals surface area contributed by atoms with E-state index in [1.807, 2.05) is 18.2 Å². The van der Waals surface area contributed by atoms with E-state index < -0.39 is 0 Å². The van der Waals surface area contributed by atoms with E-state index in [-0.39, 0.29) is 17.2 Å². The first-order valence-corrected chi connectivity index (χ1v) is 9.60. The monoisotopic (exact) mass is 341 g/mol. The molecule has 1 unspecified atom stereocenters. The number of thiazole rings is 1. The van der Waals surface area contributed by atoms with Crippen LogP contribution >= 0.6 is 11.3 Å². The third kappa shape index (κ3) is 2.66. The average molecular weight is 341 g/mol. The van der Waals surface area contributed by atoms with Crippen molar-refractivity contribution in [1.29, 1.82) is 0 Å². The molecule has 1 saturated carbocycles. The minimum atomic E-state index is 0.132. The van der Waals surface area contributed by atoms with Crippen molar-refractivity contribution in [3.05, 3.63) is 35.2 Å². The lowest BCUT2D eigenvalue weighted by Gasteiger charge is -2.43. The molecule has 1 aromatic heterocycles. The van der Waals surface area contributed by atoms with Crippen molar-refractivity contribution in [2.45, 2.75) is 32.6 Å². The van der Waals surface area contributed by atoms with Gasteiger partial charge in [0.15, 0.2) is 5.13 Å². The van der Waals surface area contributed by atoms with Crippen LogP contribution in [-0.4, -0.2) is 24.0 Å². The van der Waals surface area contributed by atoms with Gasteiger partial charge in [-0.25, -0.2) is 4.98 Å². The second kappa shape index (κ2) is 6.30. The number of nitrogens with one attached hydrogen (secondary N) is 2. The molecule has 1 aromatic carbocycles. The zero-order chi connectivity index (χ0) is 16.6. The first-order chi connectivity index (χ1) is 11.7. The second-order valence-electron chi connectivity index (χ2n) is 6.91. The summed E-state index contributed by atoms with van der Waals surface area (Å²) in [6, 6.07) is 10.2. The van der Waals surface area contributed by atoms with Gasteiger partial charge in [-0.05, 0) is 19.3 Å². The summed E-state index contributed by atoms with van der Waals surface area (Å²) >= 11 is 1.61. The van der Waals surface area contributed by atoms with E-state index >= 15 is 0 Å². The lowest BCUT2D eigenvalue weighted by atomic mass is 9.72. The van der Waals surface area contributed by atoms with Crippen LogP contribution in [0.25, 0.3) is 11.3 Å². The van der Waals surface area contributed by atoms with Gasteiger partial charge in [0.05, 0.1) is 5.69 Å². The zero-order valence-corrected chi connectivity index (χ0v) is 14.8. The highest BCUT2D eigenvalue weighted by atomic mass is 32.1. The van der Waals surface area contributed by atoms with Gasteiger partial charge in [0.2, 0.25) is 5.91 Å². The summed E-state index contributed by atoms with van der Waals surface area (Å²) in [4.78, 5) is 18.7. The summed E-state index contributed by atoms with van der Waals surface area (Å²) < 4.78 is 0. The standard InChI is InChI=1S/C19H23N3OS/c1-2-15-16(13-7-4-3-5-8-13)21-18(24-15)22-17(23)14-9-6-10-19(14)11-20-12-19/h3-5,7-8,14,20H,2,6,9-12H2,1H3,(H,21,22,23). The van der Waals surface area contributed by atoms with Crippen molar-refractivity contribution in [2.24, 2.45) is 11.3 Å². The highest BCUT2D eigenvalue weighted by Gasteiger charge is 2.50. The van der Waals surface area contributed by atoms with Gasteiger partial charge < -0.3 is 10.6 Å². The molecule has 5 heteroatoms. The van der Waals surface area contributed by atoms with E-state index in [0.717, 1.165) is 48.7 Å². The van der Waals surface area contributed by atoms with Gasteiger partial charge in [0, 0.05) is 34.9 Å². The van der Waals surface area contributed by atoms with Crippen LogP contribution in [0.5, 0.6) is 0 Å². The maximum atomic E-state index is 12.8. The Hall–Kier alpha value is -1.72. The third-order valence-corrected chi connectivity index (χ3v) is 6.59. The SMILES string of the molecule is CCc1sc(NC(=O)C2CCCC23CNC3)nc1-c1ccccc1. The van der Waals surface area contributed by atoms with Gasteiger partial charge in [-0.15, -0.1) is 11.3 Å². The molecule has 1 aliphatic carbocycles. The molecule has 1 aliphatic heterocycles. The molecule has 126 valence electrons. The van der Waals surface area contributed by atoms with Crippen LogP contribution < -0.4 is 10.6 Å². The Morgan fingerprint density at radius 1 is 1.38 bits per heavy atom. The molecular formula is C19H23N3OS. The van der Waals surface area contributed by atoms with Crippen molar-refractivity contribution in [2.75, 3.05) is 18.4 Å². The van der Waals surface area contributed by atoms with E-state index in [0.29, 0.717) is 0 Å². The second-order valence-corrected chi connectivity index (χ2v) is 7.99. The molecular weight excluding hydrogens is 318 g/mol. The predicted molar refractivity (Wildman–Crippen MR) is 98.2 cm³/mol. The summed E-state index contributed by atoms with van der Waals surface area (Å²) in [6.45, 7) is 4.11. The topological polar surface area (TPSA) is 54.0 Å². The molecule has 1 atom stereocenters. The summed E-state index contributed by atoms with van der Waals surface area (Å²) in [5, 5.41) is 7.20. The molecule has 1 spiro atoms. The lowest BCUT2D eigenvalue weighted by Crippen LogP contribution is -2.57. The largest absolute Gasteiger partial charge is 0.315 e. The quantitative estimate of drug-likeness (QED) is 0.891. The number of aromatic nitrogens is 1. The number of hydrogen-bond acceptors (Lipinski definition) is 4. The Morgan fingerprint density at radius 2 is 2.17 bits per heavy atom. The molecule has 1 amide bonds. The first kappa shape index (κ1) is 15.8. The maximum absolute atomic E-state index is 12.8. The van der Waals surface area contributed by atoms with E-state index in [9.17, 15) is 4.79 Å². The van der Waals surface area contributed by atoms with Crippen LogP contribution in [0.2, 0.25) is 0 Å². The summed E-state index contributed by atoms with van der Waals surface area (Å²) in [5.74, 6) is 0.290. The van der Waals surface area contributed by atoms with Gasteiger partial charge in [0.1, 0.15) is 0 Å². The van der Waals surface area contributed by atoms with Crippen LogP contribution in [-0.2, 0) is 11.2 Å². The Kier molecular flexibility index (Phi) is 4.14. The molecule has 24 heavy (non-hydrogen) atoms. The van der Waals surface area contributed by atoms with Crippen LogP contribution in [0.4, 0.5) is 5.13 Å². The highest BCUT2D eigenvalue weighted by molar-refractivity contribution is 7.16. The van der Waals surface area contributed by atoms with Gasteiger partial charge >= 0.3 is 0 Å². The van der Waals surface area contributed by atoms with Crippen molar-refractivity contribution in [1.82, 2.24) is 10.3 Å². The van der Waals surface area contributed by atoms with E-state index in [4.69, 9.17) is 4.98 Å². The molecule has 2 fully saturated rings. The van der Waals surface area contributed by atoms with Crippen molar-refractivity contribution < 1.29 is 4.79 Å². The van der Waals surface area contributed by atoms with Crippen molar-refractivity contribution in [3.63, 3.8) is 0 Å². The molecule has 2 aromatic rings. The van der Waals surface area contributed by atoms with Crippen molar-refractivity contribution >= 4 is 22.4 Å². The highest BCUT2D eigenvalue weighted by Crippen LogP contribution is 2.46. The summed E-state index contributed by atoms with van der Waals surface area (Å²) in [6.07, 6.45) is 4.26. The number of anilines is 1. The van der Waals surface area contributed by atoms with Crippen LogP contribution in [0, 0.1) is 11.3 Å². The zero-order valence-electron chi connectivity index (χ0n) is 14.0. The van der Waals surface area contributed by atoms with Crippen molar-refractivity contribution in [3.8, 4) is 11.3 Å². The number of aryl methyl sites for hydroxylation is 1. The van der Waals surface area contributed by atoms with Crippen LogP contribution in [0.3, 0.4) is 0 Å². The van der Waals surface area contributed by atoms with E-state index in [1.54, 1.807) is 11.3 Å². The molecule has 0 bridgehead atoms. The molecule has 1 saturated heterocycles. The Morgan fingerprint density at radius 3 is 2.83 bits per heavy atom. The fourth-order valence-corrected chi connectivity index (χ4v) is 5.00. The van der Waals surface area contributed by atoms with E-state index in [2.05, 4.69) is 29.7 Å². The normalized spacial score (nSPS) is 21.6. The fourth-order valence-electron chi connectivity index (χ4n) is 4.08. The molecule has 0 radical (unpaired) electrons. The number of benzene rings is 1. The summed E-state index contributed by atoms with van der Waals surface area (Å²) in [7, 11) is 0. The molecule has 4 nitrogen and oxygen atoms in total. The smallest absolute Gasteiger partial charge is 0.229 e. The number of carbonyl (C=O) groups excluding carboxylic acids is 1. The number of carbonyl (C=O) groups is 1. The van der Waals surface area contributed by atoms with Gasteiger partial charge in [-0.3, -0.25) is 4.79 Å². The molecule has 2 N–H and O–H groups in total. The van der Waals surface area contributed by atoms with Gasteiger partial charge in [0.25, 0.3) is 0 Å². The average Bonchev–Trinajstić information content (AvgIpc) is 3.19. The number of hydrogen-bond donors (Lipinski definition) is 2. The van der Waals surface area contributed by atoms with Gasteiger partial charge in [-0.1, -0.05) is 43.7 Å². The summed E-state index contributed by atoms with van der Waals surface area (Å²) in [5.41, 5.74) is 2.33.